The van der Waals surface area contributed by atoms with Gasteiger partial charge in [-0.15, -0.1) is 5.10 Å². The number of benzene rings is 1. The molecule has 0 aliphatic carbocycles. The number of hydrogen-bond acceptors (Lipinski definition) is 30. The SMILES string of the molecule is COCCNc1c(NCCCCCCO[C@]2(C(=O)O)C[C@H](O)[C@@H](NC(=O)CO)[C@H]([C@H](O)[C@H](O)CNC(=O)Cc3ccc(-c4cn(CCOCCOCCOCCOCCOCCOCCOCCOCCOCCOCCOCCNC(=O)CCCC[C@@H]5SC[C@@H]6NC(=O)N[C@@H]65)nn4)cc3)O2)c(=O)c1=O. The number of carbonyl (C=O) groups excluding carboxylic acids is 4. The molecule has 594 valence electrons. The maximum absolute atomic E-state index is 13.1. The van der Waals surface area contributed by atoms with E-state index >= 15 is 0 Å². The molecule has 3 aromatic rings. The lowest BCUT2D eigenvalue weighted by molar-refractivity contribution is -0.310. The molecule has 37 heteroatoms. The molecule has 0 spiro atoms. The molecule has 3 saturated heterocycles. The number of aromatic nitrogens is 3. The van der Waals surface area contributed by atoms with Crippen molar-refractivity contribution < 1.29 is 116 Å². The van der Waals surface area contributed by atoms with Gasteiger partial charge < -0.3 is 129 Å². The zero-order valence-corrected chi connectivity index (χ0v) is 60.9. The average molecular weight is 1520 g/mol. The van der Waals surface area contributed by atoms with Gasteiger partial charge in [-0.1, -0.05) is 48.7 Å². The topological polar surface area (TPSA) is 465 Å². The third-order valence-corrected chi connectivity index (χ3v) is 18.3. The van der Waals surface area contributed by atoms with Crippen molar-refractivity contribution in [2.75, 3.05) is 215 Å². The van der Waals surface area contributed by atoms with E-state index in [9.17, 15) is 59.1 Å². The number of aliphatic carboxylic acids is 1. The van der Waals surface area contributed by atoms with Gasteiger partial charge in [0, 0.05) is 62.7 Å². The van der Waals surface area contributed by atoms with E-state index in [4.69, 9.17) is 66.3 Å². The molecule has 12 N–H and O–H groups in total. The van der Waals surface area contributed by atoms with Gasteiger partial charge in [-0.2, -0.15) is 11.8 Å². The number of amides is 5. The number of nitrogens with one attached hydrogen (secondary N) is 7. The predicted octanol–water partition coefficient (Wildman–Crippen LogP) is -1.90. The van der Waals surface area contributed by atoms with Crippen molar-refractivity contribution in [1.82, 2.24) is 41.6 Å². The monoisotopic (exact) mass is 1510 g/mol. The van der Waals surface area contributed by atoms with Crippen molar-refractivity contribution in [2.45, 2.75) is 124 Å². The number of anilines is 2. The number of urea groups is 1. The number of carboxylic acids is 1. The number of methoxy groups -OCH3 is 1. The number of carboxylic acid groups (broad SMARTS) is 1. The molecule has 9 atom stereocenters. The minimum absolute atomic E-state index is 0.0243. The number of nitrogens with zero attached hydrogens (tertiary/aromatic N) is 3. The van der Waals surface area contributed by atoms with Gasteiger partial charge in [0.1, 0.15) is 35.9 Å². The average Bonchev–Trinajstić information content (AvgIpc) is 1.46. The number of aliphatic hydroxyl groups is 4. The van der Waals surface area contributed by atoms with E-state index in [1.807, 2.05) is 11.8 Å². The number of fused-ring (bicyclic) bond motifs is 1. The molecular weight excluding hydrogens is 1400 g/mol. The van der Waals surface area contributed by atoms with Crippen molar-refractivity contribution in [1.29, 1.82) is 0 Å². The molecule has 0 radical (unpaired) electrons. The summed E-state index contributed by atoms with van der Waals surface area (Å²) in [5.41, 5.74) is 1.13. The zero-order valence-electron chi connectivity index (χ0n) is 60.1. The molecule has 1 aromatic heterocycles. The van der Waals surface area contributed by atoms with Gasteiger partial charge in [0.2, 0.25) is 17.7 Å². The Bertz CT molecular complexity index is 2990. The summed E-state index contributed by atoms with van der Waals surface area (Å²) in [5, 5.41) is 81.7. The quantitative estimate of drug-likeness (QED) is 0.0167. The Morgan fingerprint density at radius 3 is 1.73 bits per heavy atom. The number of unbranched alkanes of at least 4 members (excludes halogenated alkanes) is 4. The fraction of sp³-hybridized carbons (Fsp3) is 0.750. The van der Waals surface area contributed by atoms with Crippen LogP contribution in [0.1, 0.15) is 63.4 Å². The molecular formula is C68H110N10O26S. The lowest BCUT2D eigenvalue weighted by atomic mass is 9.88. The van der Waals surface area contributed by atoms with Crippen LogP contribution in [-0.4, -0.2) is 328 Å². The van der Waals surface area contributed by atoms with Crippen LogP contribution in [0.3, 0.4) is 0 Å². The van der Waals surface area contributed by atoms with Crippen LogP contribution in [0.25, 0.3) is 11.3 Å². The minimum atomic E-state index is -2.52. The smallest absolute Gasteiger partial charge is 0.364 e. The summed E-state index contributed by atoms with van der Waals surface area (Å²) >= 11 is 1.89. The minimum Gasteiger partial charge on any atom is -0.477 e. The summed E-state index contributed by atoms with van der Waals surface area (Å²) in [7, 11) is 1.51. The fourth-order valence-electron chi connectivity index (χ4n) is 11.2. The first-order valence-corrected chi connectivity index (χ1v) is 37.0. The van der Waals surface area contributed by atoms with Crippen molar-refractivity contribution in [3.05, 3.63) is 56.5 Å². The summed E-state index contributed by atoms with van der Waals surface area (Å²) in [6.07, 6.45) is -1.01. The highest BCUT2D eigenvalue weighted by Crippen LogP contribution is 2.35. The maximum atomic E-state index is 13.1. The Labute approximate surface area is 614 Å². The van der Waals surface area contributed by atoms with Crippen molar-refractivity contribution in [3.8, 4) is 11.3 Å². The van der Waals surface area contributed by atoms with Gasteiger partial charge in [0.05, 0.1) is 208 Å². The Hall–Kier alpha value is -6.18. The highest BCUT2D eigenvalue weighted by Gasteiger charge is 2.56. The Morgan fingerprint density at radius 2 is 1.18 bits per heavy atom. The summed E-state index contributed by atoms with van der Waals surface area (Å²) in [6, 6.07) is 5.81. The second kappa shape index (κ2) is 52.0. The van der Waals surface area contributed by atoms with Gasteiger partial charge in [-0.05, 0) is 31.2 Å². The highest BCUT2D eigenvalue weighted by atomic mass is 32.2. The van der Waals surface area contributed by atoms with Crippen LogP contribution in [0.2, 0.25) is 0 Å². The van der Waals surface area contributed by atoms with E-state index in [1.54, 1.807) is 35.1 Å². The van der Waals surface area contributed by atoms with Crippen molar-refractivity contribution >= 4 is 52.9 Å². The number of ether oxygens (including phenoxy) is 14. The summed E-state index contributed by atoms with van der Waals surface area (Å²) in [4.78, 5) is 85.6. The second-order valence-electron chi connectivity index (χ2n) is 24.7. The molecule has 4 heterocycles. The van der Waals surface area contributed by atoms with Crippen LogP contribution >= 0.6 is 11.8 Å². The molecule has 0 saturated carbocycles. The third-order valence-electron chi connectivity index (χ3n) is 16.8. The molecule has 36 nitrogen and oxygen atoms in total. The first-order valence-electron chi connectivity index (χ1n) is 36.0. The lowest BCUT2D eigenvalue weighted by Crippen LogP contribution is -2.68. The standard InChI is InChI=1S/C68H110N10O26S/c1-91-19-15-71-61-60(63(86)64(61)87)70-14-6-2-3-7-18-103-68(66(88)89)43-52(80)59(74-57(84)46-79)65(104-68)62(85)53(81)44-72-56(83)42-48-10-12-49(13-11-48)50-45-78(77-76-50)17-21-93-23-25-95-27-29-97-31-33-99-35-37-101-39-41-102-40-38-100-36-34-98-32-30-96-28-26-94-24-22-92-20-16-69-55(82)9-5-4-8-54-58-51(47-105-54)73-67(90)75-58/h10-13,45,51-54,58-59,62,65,70-71,79-81,85H,2-9,14-44,46-47H2,1H3,(H,69,82)(H,72,83)(H,74,84)(H,88,89)(H2,73,75,90)/t51-,52-,53+,54-,58-,59+,62+,65+,68+/m0/s1. The van der Waals surface area contributed by atoms with Gasteiger partial charge in [0.15, 0.2) is 0 Å². The normalized spacial score (nSPS) is 19.8. The zero-order chi connectivity index (χ0) is 75.1. The molecule has 0 bridgehead atoms. The van der Waals surface area contributed by atoms with Gasteiger partial charge >= 0.3 is 12.0 Å². The van der Waals surface area contributed by atoms with E-state index in [1.165, 1.54) is 7.11 Å². The predicted molar refractivity (Wildman–Crippen MR) is 380 cm³/mol. The molecule has 3 aliphatic heterocycles. The number of thioether (sulfide) groups is 1. The Morgan fingerprint density at radius 1 is 0.638 bits per heavy atom. The van der Waals surface area contributed by atoms with Crippen molar-refractivity contribution in [3.63, 3.8) is 0 Å². The summed E-state index contributed by atoms with van der Waals surface area (Å²) in [5.74, 6) is -4.72. The first kappa shape index (κ1) is 87.7. The van der Waals surface area contributed by atoms with Crippen LogP contribution in [0.15, 0.2) is 40.1 Å². The molecule has 6 rings (SSSR count). The largest absolute Gasteiger partial charge is 0.477 e. The molecule has 5 amide bonds. The molecule has 2 aromatic carbocycles. The van der Waals surface area contributed by atoms with E-state index in [2.05, 4.69) is 47.5 Å². The third kappa shape index (κ3) is 33.5. The van der Waals surface area contributed by atoms with E-state index in [0.717, 1.165) is 30.6 Å². The van der Waals surface area contributed by atoms with E-state index in [0.29, 0.717) is 227 Å². The maximum Gasteiger partial charge on any atom is 0.364 e. The highest BCUT2D eigenvalue weighted by molar-refractivity contribution is 8.00. The van der Waals surface area contributed by atoms with E-state index < -0.39 is 84.5 Å². The van der Waals surface area contributed by atoms with Crippen LogP contribution < -0.4 is 48.1 Å². The number of aliphatic hydroxyl groups excluding tert-OH is 4. The van der Waals surface area contributed by atoms with Gasteiger partial charge in [-0.3, -0.25) is 24.0 Å². The van der Waals surface area contributed by atoms with Crippen LogP contribution in [0.5, 0.6) is 0 Å². The molecule has 105 heavy (non-hydrogen) atoms. The van der Waals surface area contributed by atoms with Gasteiger partial charge in [0.25, 0.3) is 16.6 Å². The first-order chi connectivity index (χ1) is 51.1. The summed E-state index contributed by atoms with van der Waals surface area (Å²) in [6.45, 7) is 9.64. The Kier molecular flexibility index (Phi) is 43.4. The van der Waals surface area contributed by atoms with Gasteiger partial charge in [-0.25, -0.2) is 14.3 Å². The van der Waals surface area contributed by atoms with Crippen LogP contribution in [0, 0.1) is 0 Å². The molecule has 3 fully saturated rings. The molecule has 3 aliphatic rings. The van der Waals surface area contributed by atoms with Crippen LogP contribution in [-0.2, 0) is 98.5 Å². The van der Waals surface area contributed by atoms with E-state index in [-0.39, 0.29) is 48.4 Å². The van der Waals surface area contributed by atoms with Crippen molar-refractivity contribution in [2.24, 2.45) is 0 Å². The number of carbonyl (C=O) groups is 5. The van der Waals surface area contributed by atoms with Crippen LogP contribution in [0.4, 0.5) is 16.2 Å². The number of rotatable bonds is 64. The second-order valence-corrected chi connectivity index (χ2v) is 26.0. The summed E-state index contributed by atoms with van der Waals surface area (Å²) < 4.78 is 79.2. The number of hydrogen-bond donors (Lipinski definition) is 12. The fourth-order valence-corrected chi connectivity index (χ4v) is 12.8. The lowest BCUT2D eigenvalue weighted by Gasteiger charge is -2.46. The Balaban J connectivity index is 0.673. The molecule has 0 unspecified atom stereocenters.